The van der Waals surface area contributed by atoms with Gasteiger partial charge in [-0.3, -0.25) is 4.79 Å². The molecule has 1 aromatic rings. The van der Waals surface area contributed by atoms with Gasteiger partial charge in [-0.05, 0) is 18.5 Å². The summed E-state index contributed by atoms with van der Waals surface area (Å²) in [4.78, 5) is 18.1. The molecule has 0 aliphatic carbocycles. The number of ether oxygens (including phenoxy) is 1. The molecule has 0 unspecified atom stereocenters. The van der Waals surface area contributed by atoms with Crippen LogP contribution in [0, 0.1) is 5.82 Å². The second-order valence-electron chi connectivity index (χ2n) is 2.82. The van der Waals surface area contributed by atoms with E-state index in [1.54, 1.807) is 6.92 Å². The van der Waals surface area contributed by atoms with E-state index in [0.717, 1.165) is 6.20 Å². The maximum atomic E-state index is 13.1. The SMILES string of the molecule is CCOC(=O)CCNc1nc(Cl)ncc1F. The molecule has 0 aliphatic rings. The third kappa shape index (κ3) is 3.98. The van der Waals surface area contributed by atoms with Gasteiger partial charge in [0.05, 0.1) is 19.2 Å². The zero-order valence-corrected chi connectivity index (χ0v) is 9.42. The number of nitrogens with one attached hydrogen (secondary N) is 1. The molecule has 1 aromatic heterocycles. The molecule has 0 spiro atoms. The predicted octanol–water partition coefficient (Wildman–Crippen LogP) is 1.63. The quantitative estimate of drug-likeness (QED) is 0.633. The molecule has 0 aliphatic heterocycles. The Labute approximate surface area is 97.0 Å². The third-order valence-electron chi connectivity index (χ3n) is 1.64. The Balaban J connectivity index is 2.42. The molecule has 0 radical (unpaired) electrons. The molecular formula is C9H11ClFN3O2. The monoisotopic (exact) mass is 247 g/mol. The van der Waals surface area contributed by atoms with Gasteiger partial charge < -0.3 is 10.1 Å². The number of esters is 1. The molecule has 0 amide bonds. The van der Waals surface area contributed by atoms with Gasteiger partial charge in [0.15, 0.2) is 11.6 Å². The molecule has 88 valence electrons. The van der Waals surface area contributed by atoms with E-state index in [1.165, 1.54) is 0 Å². The van der Waals surface area contributed by atoms with Crippen molar-refractivity contribution >= 4 is 23.4 Å². The van der Waals surface area contributed by atoms with Crippen LogP contribution in [0.15, 0.2) is 6.20 Å². The van der Waals surface area contributed by atoms with Gasteiger partial charge in [-0.25, -0.2) is 9.37 Å². The summed E-state index contributed by atoms with van der Waals surface area (Å²) in [5, 5.41) is 2.58. The molecule has 1 N–H and O–H groups in total. The van der Waals surface area contributed by atoms with E-state index in [2.05, 4.69) is 15.3 Å². The van der Waals surface area contributed by atoms with Gasteiger partial charge in [0.1, 0.15) is 0 Å². The van der Waals surface area contributed by atoms with Gasteiger partial charge in [-0.1, -0.05) is 0 Å². The Morgan fingerprint density at radius 2 is 2.44 bits per heavy atom. The van der Waals surface area contributed by atoms with Crippen molar-refractivity contribution in [2.24, 2.45) is 0 Å². The average Bonchev–Trinajstić information content (AvgIpc) is 2.23. The first-order valence-corrected chi connectivity index (χ1v) is 5.08. The van der Waals surface area contributed by atoms with Crippen LogP contribution in [0.1, 0.15) is 13.3 Å². The van der Waals surface area contributed by atoms with Crippen LogP contribution in [-0.4, -0.2) is 29.1 Å². The molecule has 5 nitrogen and oxygen atoms in total. The molecule has 0 aromatic carbocycles. The largest absolute Gasteiger partial charge is 0.466 e. The lowest BCUT2D eigenvalue weighted by Gasteiger charge is -2.05. The maximum Gasteiger partial charge on any atom is 0.307 e. The highest BCUT2D eigenvalue weighted by Crippen LogP contribution is 2.11. The topological polar surface area (TPSA) is 64.1 Å². The number of nitrogens with zero attached hydrogens (tertiary/aromatic N) is 2. The lowest BCUT2D eigenvalue weighted by molar-refractivity contribution is -0.142. The molecule has 1 rings (SSSR count). The lowest BCUT2D eigenvalue weighted by Crippen LogP contribution is -2.13. The first-order valence-electron chi connectivity index (χ1n) is 4.71. The normalized spacial score (nSPS) is 9.94. The molecule has 0 atom stereocenters. The van der Waals surface area contributed by atoms with Crippen molar-refractivity contribution in [3.8, 4) is 0 Å². The number of carbonyl (C=O) groups is 1. The highest BCUT2D eigenvalue weighted by molar-refractivity contribution is 6.28. The van der Waals surface area contributed by atoms with E-state index in [9.17, 15) is 9.18 Å². The van der Waals surface area contributed by atoms with Crippen LogP contribution in [0.2, 0.25) is 5.28 Å². The van der Waals surface area contributed by atoms with Crippen molar-refractivity contribution in [1.82, 2.24) is 9.97 Å². The van der Waals surface area contributed by atoms with Crippen molar-refractivity contribution in [1.29, 1.82) is 0 Å². The van der Waals surface area contributed by atoms with Crippen LogP contribution in [-0.2, 0) is 9.53 Å². The van der Waals surface area contributed by atoms with Crippen LogP contribution in [0.25, 0.3) is 0 Å². The van der Waals surface area contributed by atoms with Crippen molar-refractivity contribution in [2.75, 3.05) is 18.5 Å². The Bertz CT molecular complexity index is 376. The molecule has 1 heterocycles. The fraction of sp³-hybridized carbons (Fsp3) is 0.444. The summed E-state index contributed by atoms with van der Waals surface area (Å²) >= 11 is 5.49. The van der Waals surface area contributed by atoms with E-state index in [1.807, 2.05) is 0 Å². The highest BCUT2D eigenvalue weighted by atomic mass is 35.5. The minimum Gasteiger partial charge on any atom is -0.466 e. The zero-order chi connectivity index (χ0) is 12.0. The highest BCUT2D eigenvalue weighted by Gasteiger charge is 2.06. The van der Waals surface area contributed by atoms with Crippen molar-refractivity contribution in [3.05, 3.63) is 17.3 Å². The molecule has 0 bridgehead atoms. The van der Waals surface area contributed by atoms with Crippen LogP contribution in [0.4, 0.5) is 10.2 Å². The second kappa shape index (κ2) is 6.22. The first kappa shape index (κ1) is 12.6. The van der Waals surface area contributed by atoms with E-state index in [-0.39, 0.29) is 30.0 Å². The predicted molar refractivity (Wildman–Crippen MR) is 56.7 cm³/mol. The van der Waals surface area contributed by atoms with E-state index in [0.29, 0.717) is 6.61 Å². The molecule has 16 heavy (non-hydrogen) atoms. The summed E-state index contributed by atoms with van der Waals surface area (Å²) in [7, 11) is 0. The Morgan fingerprint density at radius 1 is 1.69 bits per heavy atom. The number of rotatable bonds is 5. The summed E-state index contributed by atoms with van der Waals surface area (Å²) < 4.78 is 17.8. The zero-order valence-electron chi connectivity index (χ0n) is 8.67. The Morgan fingerprint density at radius 3 is 3.12 bits per heavy atom. The number of carbonyl (C=O) groups excluding carboxylic acids is 1. The van der Waals surface area contributed by atoms with Crippen molar-refractivity contribution < 1.29 is 13.9 Å². The van der Waals surface area contributed by atoms with Gasteiger partial charge in [-0.2, -0.15) is 4.98 Å². The number of anilines is 1. The fourth-order valence-electron chi connectivity index (χ4n) is 0.986. The minimum absolute atomic E-state index is 0.0238. The van der Waals surface area contributed by atoms with E-state index < -0.39 is 5.82 Å². The van der Waals surface area contributed by atoms with Gasteiger partial charge in [-0.15, -0.1) is 0 Å². The second-order valence-corrected chi connectivity index (χ2v) is 3.16. The molecule has 0 saturated carbocycles. The molecule has 7 heteroatoms. The molecule has 0 saturated heterocycles. The standard InChI is InChI=1S/C9H11ClFN3O2/c1-2-16-7(15)3-4-12-8-6(11)5-13-9(10)14-8/h5H,2-4H2,1H3,(H,12,13,14). The van der Waals surface area contributed by atoms with Crippen molar-refractivity contribution in [3.63, 3.8) is 0 Å². The lowest BCUT2D eigenvalue weighted by atomic mass is 10.4. The number of hydrogen-bond acceptors (Lipinski definition) is 5. The summed E-state index contributed by atoms with van der Waals surface area (Å²) in [6.07, 6.45) is 1.09. The number of hydrogen-bond donors (Lipinski definition) is 1. The summed E-state index contributed by atoms with van der Waals surface area (Å²) in [5.74, 6) is -0.992. The van der Waals surface area contributed by atoms with Crippen LogP contribution in [0.3, 0.4) is 0 Å². The minimum atomic E-state index is -0.617. The van der Waals surface area contributed by atoms with Crippen LogP contribution >= 0.6 is 11.6 Å². The average molecular weight is 248 g/mol. The Kier molecular flexibility index (Phi) is 4.91. The maximum absolute atomic E-state index is 13.1. The number of aromatic nitrogens is 2. The molecule has 0 fully saturated rings. The smallest absolute Gasteiger partial charge is 0.307 e. The van der Waals surface area contributed by atoms with Gasteiger partial charge in [0.25, 0.3) is 0 Å². The van der Waals surface area contributed by atoms with Crippen LogP contribution < -0.4 is 5.32 Å². The number of halogens is 2. The molecular weight excluding hydrogens is 237 g/mol. The van der Waals surface area contributed by atoms with Gasteiger partial charge >= 0.3 is 5.97 Å². The fourth-order valence-corrected chi connectivity index (χ4v) is 1.12. The summed E-state index contributed by atoms with van der Waals surface area (Å²) in [6, 6.07) is 0. The van der Waals surface area contributed by atoms with Crippen molar-refractivity contribution in [2.45, 2.75) is 13.3 Å². The third-order valence-corrected chi connectivity index (χ3v) is 1.82. The van der Waals surface area contributed by atoms with Gasteiger partial charge in [0, 0.05) is 6.54 Å². The van der Waals surface area contributed by atoms with Gasteiger partial charge in [0.2, 0.25) is 5.28 Å². The first-order chi connectivity index (χ1) is 7.63. The van der Waals surface area contributed by atoms with Crippen LogP contribution in [0.5, 0.6) is 0 Å². The summed E-state index contributed by atoms with van der Waals surface area (Å²) in [5.41, 5.74) is 0. The van der Waals surface area contributed by atoms with E-state index >= 15 is 0 Å². The Hall–Kier alpha value is -1.43. The van der Waals surface area contributed by atoms with E-state index in [4.69, 9.17) is 16.3 Å². The summed E-state index contributed by atoms with van der Waals surface area (Å²) in [6.45, 7) is 2.27.